The van der Waals surface area contributed by atoms with Crippen LogP contribution in [0.4, 0.5) is 5.82 Å². The highest BCUT2D eigenvalue weighted by atomic mass is 32.2. The predicted octanol–water partition coefficient (Wildman–Crippen LogP) is 5.32. The summed E-state index contributed by atoms with van der Waals surface area (Å²) in [4.78, 5) is 8.94. The average molecular weight is 458 g/mol. The lowest BCUT2D eigenvalue weighted by atomic mass is 9.98. The highest BCUT2D eigenvalue weighted by Gasteiger charge is 2.30. The number of nitrogens with zero attached hydrogens (tertiary/aromatic N) is 4. The summed E-state index contributed by atoms with van der Waals surface area (Å²) in [5.41, 5.74) is 7.61. The number of anilines is 1. The van der Waals surface area contributed by atoms with Crippen molar-refractivity contribution < 1.29 is 4.74 Å². The van der Waals surface area contributed by atoms with Gasteiger partial charge < -0.3 is 10.1 Å². The Morgan fingerprint density at radius 2 is 1.97 bits per heavy atom. The molecular weight excluding hydrogens is 430 g/mol. The zero-order valence-electron chi connectivity index (χ0n) is 19.1. The van der Waals surface area contributed by atoms with Gasteiger partial charge in [0, 0.05) is 48.6 Å². The highest BCUT2D eigenvalue weighted by Crippen LogP contribution is 2.46. The van der Waals surface area contributed by atoms with E-state index >= 15 is 0 Å². The number of rotatable bonds is 5. The second-order valence-corrected chi connectivity index (χ2v) is 9.40. The quantitative estimate of drug-likeness (QED) is 0.438. The van der Waals surface area contributed by atoms with E-state index in [4.69, 9.17) is 9.84 Å². The Morgan fingerprint density at radius 1 is 1.09 bits per heavy atom. The molecule has 0 radical (unpaired) electrons. The van der Waals surface area contributed by atoms with E-state index in [1.807, 2.05) is 67.1 Å². The molecule has 168 valence electrons. The van der Waals surface area contributed by atoms with Gasteiger partial charge in [-0.2, -0.15) is 5.10 Å². The smallest absolute Gasteiger partial charge is 0.129 e. The van der Waals surface area contributed by atoms with Crippen LogP contribution in [0, 0.1) is 13.8 Å². The van der Waals surface area contributed by atoms with Gasteiger partial charge in [-0.25, -0.2) is 0 Å². The van der Waals surface area contributed by atoms with Crippen molar-refractivity contribution in [1.82, 2.24) is 19.7 Å². The van der Waals surface area contributed by atoms with Gasteiger partial charge in [0.05, 0.1) is 10.9 Å². The lowest BCUT2D eigenvalue weighted by Crippen LogP contribution is -2.06. The molecule has 0 spiro atoms. The molecule has 0 saturated heterocycles. The normalized spacial score (nSPS) is 15.4. The van der Waals surface area contributed by atoms with Crippen LogP contribution >= 0.6 is 11.8 Å². The van der Waals surface area contributed by atoms with Gasteiger partial charge in [-0.15, -0.1) is 11.8 Å². The van der Waals surface area contributed by atoms with Crippen LogP contribution in [0.1, 0.15) is 33.2 Å². The summed E-state index contributed by atoms with van der Waals surface area (Å²) in [7, 11) is 2.00. The maximum Gasteiger partial charge on any atom is 0.129 e. The molecule has 0 fully saturated rings. The first-order valence-corrected chi connectivity index (χ1v) is 12.1. The standard InChI is InChI=1S/C26H27N5OS/c1-17-15-20(32-16-19-7-6-12-27-18(19)2)9-10-21(17)25-23-24(22-8-4-5-11-28-22)30-31(3)26(23)29-13-14-33-25/h4-12,15,25,29H,13-14,16H2,1-3H3. The van der Waals surface area contributed by atoms with Gasteiger partial charge in [0.1, 0.15) is 23.9 Å². The van der Waals surface area contributed by atoms with Crippen LogP contribution in [0.5, 0.6) is 5.75 Å². The van der Waals surface area contributed by atoms with E-state index in [1.54, 1.807) is 0 Å². The number of hydrogen-bond donors (Lipinski definition) is 1. The zero-order chi connectivity index (χ0) is 22.8. The molecule has 1 N–H and O–H groups in total. The maximum atomic E-state index is 6.10. The number of aromatic nitrogens is 4. The number of fused-ring (bicyclic) bond motifs is 1. The van der Waals surface area contributed by atoms with Crippen molar-refractivity contribution in [3.63, 3.8) is 0 Å². The second-order valence-electron chi connectivity index (χ2n) is 8.18. The fraction of sp³-hybridized carbons (Fsp3) is 0.269. The zero-order valence-corrected chi connectivity index (χ0v) is 19.9. The minimum absolute atomic E-state index is 0.162. The lowest BCUT2D eigenvalue weighted by Gasteiger charge is -2.19. The Bertz CT molecular complexity index is 1270. The molecule has 5 rings (SSSR count). The molecule has 0 amide bonds. The molecule has 0 bridgehead atoms. The first-order valence-electron chi connectivity index (χ1n) is 11.1. The molecule has 3 aromatic heterocycles. The third-order valence-corrected chi connectivity index (χ3v) is 7.23. The first-order chi connectivity index (χ1) is 16.1. The largest absolute Gasteiger partial charge is 0.489 e. The Labute approximate surface area is 198 Å². The van der Waals surface area contributed by atoms with Crippen LogP contribution in [0.15, 0.2) is 60.9 Å². The first kappa shape index (κ1) is 21.5. The van der Waals surface area contributed by atoms with Crippen molar-refractivity contribution in [2.45, 2.75) is 25.7 Å². The van der Waals surface area contributed by atoms with Gasteiger partial charge in [0.2, 0.25) is 0 Å². The van der Waals surface area contributed by atoms with E-state index < -0.39 is 0 Å². The predicted molar refractivity (Wildman–Crippen MR) is 134 cm³/mol. The third kappa shape index (κ3) is 4.33. The number of aryl methyl sites for hydroxylation is 3. The van der Waals surface area contributed by atoms with Gasteiger partial charge in [-0.1, -0.05) is 18.2 Å². The van der Waals surface area contributed by atoms with E-state index in [2.05, 4.69) is 46.5 Å². The number of ether oxygens (including phenoxy) is 1. The molecule has 0 aliphatic carbocycles. The van der Waals surface area contributed by atoms with Crippen molar-refractivity contribution >= 4 is 17.6 Å². The van der Waals surface area contributed by atoms with Crippen LogP contribution in [0.25, 0.3) is 11.4 Å². The summed E-state index contributed by atoms with van der Waals surface area (Å²) >= 11 is 1.94. The Kier molecular flexibility index (Phi) is 6.05. The van der Waals surface area contributed by atoms with Gasteiger partial charge in [0.15, 0.2) is 0 Å². The molecule has 4 heterocycles. The van der Waals surface area contributed by atoms with E-state index in [1.165, 1.54) is 16.7 Å². The fourth-order valence-electron chi connectivity index (χ4n) is 4.23. The molecule has 7 heteroatoms. The molecule has 1 aromatic carbocycles. The molecule has 0 saturated carbocycles. The minimum atomic E-state index is 0.162. The summed E-state index contributed by atoms with van der Waals surface area (Å²) in [6.07, 6.45) is 3.63. The van der Waals surface area contributed by atoms with Gasteiger partial charge in [0.25, 0.3) is 0 Å². The fourth-order valence-corrected chi connectivity index (χ4v) is 5.52. The summed E-state index contributed by atoms with van der Waals surface area (Å²) < 4.78 is 8.05. The van der Waals surface area contributed by atoms with Gasteiger partial charge in [-0.05, 0) is 55.3 Å². The van der Waals surface area contributed by atoms with E-state index in [-0.39, 0.29) is 5.25 Å². The van der Waals surface area contributed by atoms with Crippen LogP contribution < -0.4 is 10.1 Å². The van der Waals surface area contributed by atoms with Gasteiger partial charge >= 0.3 is 0 Å². The molecule has 1 atom stereocenters. The molecule has 1 aliphatic rings. The van der Waals surface area contributed by atoms with Crippen molar-refractivity contribution in [3.8, 4) is 17.1 Å². The van der Waals surface area contributed by atoms with Crippen LogP contribution in [0.2, 0.25) is 0 Å². The van der Waals surface area contributed by atoms with Crippen LogP contribution in [0.3, 0.4) is 0 Å². The topological polar surface area (TPSA) is 64.9 Å². The summed E-state index contributed by atoms with van der Waals surface area (Å²) in [6, 6.07) is 16.4. The number of benzene rings is 1. The van der Waals surface area contributed by atoms with E-state index in [9.17, 15) is 0 Å². The second kappa shape index (κ2) is 9.27. The molecule has 1 unspecified atom stereocenters. The summed E-state index contributed by atoms with van der Waals surface area (Å²) in [5, 5.41) is 8.59. The van der Waals surface area contributed by atoms with E-state index in [0.29, 0.717) is 6.61 Å². The Morgan fingerprint density at radius 3 is 2.76 bits per heavy atom. The van der Waals surface area contributed by atoms with Crippen LogP contribution in [-0.2, 0) is 13.7 Å². The highest BCUT2D eigenvalue weighted by molar-refractivity contribution is 7.99. The average Bonchev–Trinajstić information content (AvgIpc) is 3.00. The molecular formula is C26H27N5OS. The Balaban J connectivity index is 1.48. The monoisotopic (exact) mass is 457 g/mol. The lowest BCUT2D eigenvalue weighted by molar-refractivity contribution is 0.304. The third-order valence-electron chi connectivity index (χ3n) is 5.97. The summed E-state index contributed by atoms with van der Waals surface area (Å²) in [6.45, 7) is 5.58. The minimum Gasteiger partial charge on any atom is -0.489 e. The van der Waals surface area contributed by atoms with E-state index in [0.717, 1.165) is 46.5 Å². The van der Waals surface area contributed by atoms with Crippen LogP contribution in [-0.4, -0.2) is 32.0 Å². The van der Waals surface area contributed by atoms with Crippen molar-refractivity contribution in [3.05, 3.63) is 88.9 Å². The number of thioether (sulfide) groups is 1. The molecule has 6 nitrogen and oxygen atoms in total. The van der Waals surface area contributed by atoms with Gasteiger partial charge in [-0.3, -0.25) is 14.6 Å². The SMILES string of the molecule is Cc1cc(OCc2cccnc2C)ccc1C1SCCNc2c1c(-c1ccccn1)nn2C. The van der Waals surface area contributed by atoms with Crippen molar-refractivity contribution in [2.24, 2.45) is 7.05 Å². The summed E-state index contributed by atoms with van der Waals surface area (Å²) in [5.74, 6) is 2.95. The molecule has 1 aliphatic heterocycles. The number of hydrogen-bond acceptors (Lipinski definition) is 6. The number of pyridine rings is 2. The Hall–Kier alpha value is -3.32. The maximum absolute atomic E-state index is 6.10. The number of nitrogens with one attached hydrogen (secondary N) is 1. The van der Waals surface area contributed by atoms with Crippen molar-refractivity contribution in [1.29, 1.82) is 0 Å². The molecule has 33 heavy (non-hydrogen) atoms. The molecule has 4 aromatic rings. The van der Waals surface area contributed by atoms with Crippen molar-refractivity contribution in [2.75, 3.05) is 17.6 Å².